The van der Waals surface area contributed by atoms with Crippen molar-refractivity contribution in [3.05, 3.63) is 82.6 Å². The molecule has 0 spiro atoms. The summed E-state index contributed by atoms with van der Waals surface area (Å²) in [6, 6.07) is 15.8. The van der Waals surface area contributed by atoms with Gasteiger partial charge in [-0.15, -0.1) is 0 Å². The van der Waals surface area contributed by atoms with E-state index in [-0.39, 0.29) is 11.5 Å². The fourth-order valence-electron chi connectivity index (χ4n) is 3.32. The van der Waals surface area contributed by atoms with Gasteiger partial charge >= 0.3 is 5.97 Å². The van der Waals surface area contributed by atoms with Gasteiger partial charge in [-0.2, -0.15) is 0 Å². The maximum atomic E-state index is 12.8. The van der Waals surface area contributed by atoms with E-state index in [1.807, 2.05) is 26.0 Å². The highest BCUT2D eigenvalue weighted by molar-refractivity contribution is 6.31. The van der Waals surface area contributed by atoms with Crippen molar-refractivity contribution >= 4 is 29.5 Å². The van der Waals surface area contributed by atoms with E-state index < -0.39 is 11.8 Å². The van der Waals surface area contributed by atoms with E-state index in [4.69, 9.17) is 9.15 Å². The van der Waals surface area contributed by atoms with Crippen LogP contribution in [-0.2, 0) is 14.3 Å². The predicted molar refractivity (Wildman–Crippen MR) is 120 cm³/mol. The number of aryl methyl sites for hydroxylation is 2. The SMILES string of the molecule is CCOC(=O)c1ccc(-c2ccc(C=C3C(=O)NN(c4ccc(C)c(C)c4)C3=O)o2)cc1. The molecule has 7 heteroatoms. The summed E-state index contributed by atoms with van der Waals surface area (Å²) < 4.78 is 10.8. The van der Waals surface area contributed by atoms with Crippen molar-refractivity contribution in [2.24, 2.45) is 0 Å². The molecule has 0 bridgehead atoms. The third-order valence-corrected chi connectivity index (χ3v) is 5.23. The first-order valence-electron chi connectivity index (χ1n) is 10.2. The molecule has 3 aromatic rings. The summed E-state index contributed by atoms with van der Waals surface area (Å²) >= 11 is 0. The normalized spacial score (nSPS) is 14.7. The molecule has 1 aromatic heterocycles. The minimum atomic E-state index is -0.495. The van der Waals surface area contributed by atoms with Crippen LogP contribution in [0.3, 0.4) is 0 Å². The zero-order valence-corrected chi connectivity index (χ0v) is 18.0. The summed E-state index contributed by atoms with van der Waals surface area (Å²) in [6.07, 6.45) is 1.43. The Bertz CT molecular complexity index is 1240. The highest BCUT2D eigenvalue weighted by atomic mass is 16.5. The Morgan fingerprint density at radius 3 is 2.47 bits per heavy atom. The topological polar surface area (TPSA) is 88.9 Å². The van der Waals surface area contributed by atoms with E-state index in [0.717, 1.165) is 16.7 Å². The highest BCUT2D eigenvalue weighted by Crippen LogP contribution is 2.27. The first-order chi connectivity index (χ1) is 15.4. The number of anilines is 1. The minimum Gasteiger partial charge on any atom is -0.462 e. The van der Waals surface area contributed by atoms with Crippen molar-refractivity contribution < 1.29 is 23.5 Å². The van der Waals surface area contributed by atoms with Gasteiger partial charge in [-0.3, -0.25) is 15.0 Å². The number of ether oxygens (including phenoxy) is 1. The fourth-order valence-corrected chi connectivity index (χ4v) is 3.32. The van der Waals surface area contributed by atoms with Crippen LogP contribution in [0.5, 0.6) is 0 Å². The van der Waals surface area contributed by atoms with Crippen molar-refractivity contribution in [1.82, 2.24) is 5.43 Å². The van der Waals surface area contributed by atoms with Crippen molar-refractivity contribution in [1.29, 1.82) is 0 Å². The summed E-state index contributed by atoms with van der Waals surface area (Å²) in [5.74, 6) is -0.415. The van der Waals surface area contributed by atoms with Gasteiger partial charge in [0.25, 0.3) is 11.8 Å². The summed E-state index contributed by atoms with van der Waals surface area (Å²) in [5, 5.41) is 1.23. The quantitative estimate of drug-likeness (QED) is 0.372. The number of benzene rings is 2. The maximum Gasteiger partial charge on any atom is 0.338 e. The molecule has 0 radical (unpaired) electrons. The molecule has 0 unspecified atom stereocenters. The Morgan fingerprint density at radius 2 is 1.78 bits per heavy atom. The van der Waals surface area contributed by atoms with Crippen molar-refractivity contribution in [3.63, 3.8) is 0 Å². The molecule has 1 N–H and O–H groups in total. The molecule has 2 aromatic carbocycles. The van der Waals surface area contributed by atoms with Gasteiger partial charge in [0.2, 0.25) is 0 Å². The average Bonchev–Trinajstić information content (AvgIpc) is 3.36. The Hall–Kier alpha value is -4.13. The van der Waals surface area contributed by atoms with E-state index >= 15 is 0 Å². The van der Waals surface area contributed by atoms with Gasteiger partial charge in [-0.1, -0.05) is 18.2 Å². The van der Waals surface area contributed by atoms with Crippen LogP contribution in [0.4, 0.5) is 5.69 Å². The highest BCUT2D eigenvalue weighted by Gasteiger charge is 2.34. The lowest BCUT2D eigenvalue weighted by atomic mass is 10.1. The van der Waals surface area contributed by atoms with E-state index in [0.29, 0.717) is 29.4 Å². The Labute approximate surface area is 185 Å². The first kappa shape index (κ1) is 21.1. The molecule has 1 saturated heterocycles. The Kier molecular flexibility index (Phi) is 5.64. The summed E-state index contributed by atoms with van der Waals surface area (Å²) in [4.78, 5) is 37.1. The third kappa shape index (κ3) is 4.05. The van der Waals surface area contributed by atoms with Crippen LogP contribution in [0, 0.1) is 13.8 Å². The number of furan rings is 1. The van der Waals surface area contributed by atoms with Crippen LogP contribution in [0.15, 0.2) is 64.6 Å². The number of rotatable bonds is 5. The molecule has 1 aliphatic rings. The Balaban J connectivity index is 1.55. The second-order valence-electron chi connectivity index (χ2n) is 7.41. The molecule has 7 nitrogen and oxygen atoms in total. The smallest absolute Gasteiger partial charge is 0.338 e. The molecule has 2 heterocycles. The van der Waals surface area contributed by atoms with E-state index in [1.54, 1.807) is 49.4 Å². The largest absolute Gasteiger partial charge is 0.462 e. The summed E-state index contributed by atoms with van der Waals surface area (Å²) in [5.41, 5.74) is 6.49. The van der Waals surface area contributed by atoms with E-state index in [1.165, 1.54) is 11.1 Å². The second-order valence-corrected chi connectivity index (χ2v) is 7.41. The van der Waals surface area contributed by atoms with Crippen LogP contribution in [-0.4, -0.2) is 24.4 Å². The number of amides is 2. The van der Waals surface area contributed by atoms with Crippen molar-refractivity contribution in [2.75, 3.05) is 11.6 Å². The number of hydrogen-bond donors (Lipinski definition) is 1. The predicted octanol–water partition coefficient (Wildman–Crippen LogP) is 4.20. The van der Waals surface area contributed by atoms with E-state index in [9.17, 15) is 14.4 Å². The van der Waals surface area contributed by atoms with E-state index in [2.05, 4.69) is 5.43 Å². The average molecular weight is 430 g/mol. The van der Waals surface area contributed by atoms with Gasteiger partial charge < -0.3 is 9.15 Å². The lowest BCUT2D eigenvalue weighted by Crippen LogP contribution is -2.35. The number of nitrogens with one attached hydrogen (secondary N) is 1. The maximum absolute atomic E-state index is 12.8. The van der Waals surface area contributed by atoms with Gasteiger partial charge in [0.15, 0.2) is 0 Å². The van der Waals surface area contributed by atoms with Crippen molar-refractivity contribution in [2.45, 2.75) is 20.8 Å². The third-order valence-electron chi connectivity index (χ3n) is 5.23. The van der Waals surface area contributed by atoms with Gasteiger partial charge in [0, 0.05) is 5.56 Å². The molecular formula is C25H22N2O5. The number of carbonyl (C=O) groups excluding carboxylic acids is 3. The van der Waals surface area contributed by atoms with Crippen molar-refractivity contribution in [3.8, 4) is 11.3 Å². The number of esters is 1. The Morgan fingerprint density at radius 1 is 1.03 bits per heavy atom. The summed E-state index contributed by atoms with van der Waals surface area (Å²) in [6.45, 7) is 5.99. The van der Waals surface area contributed by atoms with Gasteiger partial charge in [-0.25, -0.2) is 9.80 Å². The monoisotopic (exact) mass is 430 g/mol. The van der Waals surface area contributed by atoms with Gasteiger partial charge in [-0.05, 0) is 74.4 Å². The number of carbonyl (C=O) groups is 3. The molecule has 162 valence electrons. The molecule has 1 fully saturated rings. The molecule has 32 heavy (non-hydrogen) atoms. The lowest BCUT2D eigenvalue weighted by molar-refractivity contribution is -0.117. The molecule has 0 saturated carbocycles. The number of hydrogen-bond acceptors (Lipinski definition) is 5. The molecule has 1 aliphatic heterocycles. The van der Waals surface area contributed by atoms with Gasteiger partial charge in [0.05, 0.1) is 17.9 Å². The summed E-state index contributed by atoms with van der Waals surface area (Å²) in [7, 11) is 0. The molecular weight excluding hydrogens is 408 g/mol. The van der Waals surface area contributed by atoms with Crippen LogP contribution >= 0.6 is 0 Å². The number of nitrogens with zero attached hydrogens (tertiary/aromatic N) is 1. The minimum absolute atomic E-state index is 0.0122. The van der Waals surface area contributed by atoms with Crippen LogP contribution in [0.25, 0.3) is 17.4 Å². The molecule has 2 amide bonds. The first-order valence-corrected chi connectivity index (χ1v) is 10.2. The standard InChI is InChI=1S/C25H22N2O5/c1-4-31-25(30)18-8-6-17(7-9-18)22-12-11-20(32-22)14-21-23(28)26-27(24(21)29)19-10-5-15(2)16(3)13-19/h5-14H,4H2,1-3H3,(H,26,28). The second kappa shape index (κ2) is 8.55. The lowest BCUT2D eigenvalue weighted by Gasteiger charge is -2.15. The number of hydrazine groups is 1. The van der Waals surface area contributed by atoms with Gasteiger partial charge in [0.1, 0.15) is 17.1 Å². The zero-order valence-electron chi connectivity index (χ0n) is 18.0. The molecule has 0 aliphatic carbocycles. The van der Waals surface area contributed by atoms with Crippen LogP contribution < -0.4 is 10.4 Å². The molecule has 0 atom stereocenters. The van der Waals surface area contributed by atoms with Crippen LogP contribution in [0.2, 0.25) is 0 Å². The zero-order chi connectivity index (χ0) is 22.8. The van der Waals surface area contributed by atoms with Crippen LogP contribution in [0.1, 0.15) is 34.2 Å². The molecule has 4 rings (SSSR count). The fraction of sp³-hybridized carbons (Fsp3) is 0.160.